The number of anilines is 3. The lowest BCUT2D eigenvalue weighted by Gasteiger charge is -2.31. The van der Waals surface area contributed by atoms with E-state index in [0.717, 1.165) is 22.5 Å². The minimum atomic E-state index is -2.11. The van der Waals surface area contributed by atoms with Crippen molar-refractivity contribution in [3.05, 3.63) is 152 Å². The quantitative estimate of drug-likeness (QED) is 0.189. The maximum Gasteiger partial charge on any atom is 0.136 e. The van der Waals surface area contributed by atoms with E-state index in [0.29, 0.717) is 0 Å². The van der Waals surface area contributed by atoms with Crippen molar-refractivity contribution in [2.45, 2.75) is 13.1 Å². The minimum Gasteiger partial charge on any atom is -0.456 e. The van der Waals surface area contributed by atoms with Gasteiger partial charge in [0.2, 0.25) is 0 Å². The number of hydrogen-bond donors (Lipinski definition) is 0. The fraction of sp³-hybridized carbons (Fsp3) is 0.0476. The van der Waals surface area contributed by atoms with Crippen molar-refractivity contribution in [1.82, 2.24) is 0 Å². The predicted octanol–water partition coefficient (Wildman–Crippen LogP) is 10.7. The molecule has 214 valence electrons. The van der Waals surface area contributed by atoms with Gasteiger partial charge < -0.3 is 9.32 Å². The molecule has 0 saturated heterocycles. The predicted molar refractivity (Wildman–Crippen MR) is 194 cm³/mol. The lowest BCUT2D eigenvalue weighted by atomic mass is 9.98. The highest BCUT2D eigenvalue weighted by molar-refractivity contribution is 7.05. The van der Waals surface area contributed by atoms with Crippen molar-refractivity contribution in [3.63, 3.8) is 0 Å². The third kappa shape index (κ3) is 3.94. The van der Waals surface area contributed by atoms with Gasteiger partial charge >= 0.3 is 0 Å². The molecule has 0 N–H and O–H groups in total. The van der Waals surface area contributed by atoms with E-state index in [1.165, 1.54) is 59.9 Å². The third-order valence-corrected chi connectivity index (χ3v) is 13.2. The molecule has 7 aromatic carbocycles. The summed E-state index contributed by atoms with van der Waals surface area (Å²) < 4.78 is 6.35. The lowest BCUT2D eigenvalue weighted by molar-refractivity contribution is 0.669. The summed E-state index contributed by atoms with van der Waals surface area (Å²) in [5.41, 5.74) is 10.6. The lowest BCUT2D eigenvalue weighted by Crippen LogP contribution is -2.50. The number of benzene rings is 7. The van der Waals surface area contributed by atoms with E-state index in [9.17, 15) is 0 Å². The molecule has 2 heterocycles. The highest BCUT2D eigenvalue weighted by atomic mass is 28.3. The topological polar surface area (TPSA) is 16.4 Å². The zero-order valence-corrected chi connectivity index (χ0v) is 26.3. The largest absolute Gasteiger partial charge is 0.456 e. The second kappa shape index (κ2) is 9.81. The molecule has 0 atom stereocenters. The van der Waals surface area contributed by atoms with Crippen molar-refractivity contribution in [3.8, 4) is 22.3 Å². The second-order valence-electron chi connectivity index (χ2n) is 12.6. The molecule has 0 radical (unpaired) electrons. The van der Waals surface area contributed by atoms with Crippen LogP contribution in [0.2, 0.25) is 13.1 Å². The van der Waals surface area contributed by atoms with Gasteiger partial charge in [0, 0.05) is 27.8 Å². The highest BCUT2D eigenvalue weighted by Crippen LogP contribution is 2.44. The number of furan rings is 1. The fourth-order valence-electron chi connectivity index (χ4n) is 7.52. The Morgan fingerprint density at radius 3 is 2.09 bits per heavy atom. The second-order valence-corrected chi connectivity index (χ2v) is 16.9. The fourth-order valence-corrected chi connectivity index (χ4v) is 10.9. The molecule has 8 aromatic rings. The maximum atomic E-state index is 6.35. The van der Waals surface area contributed by atoms with Gasteiger partial charge in [-0.25, -0.2) is 0 Å². The summed E-state index contributed by atoms with van der Waals surface area (Å²) in [6.45, 7) is 5.00. The zero-order valence-electron chi connectivity index (χ0n) is 25.3. The zero-order chi connectivity index (χ0) is 30.1. The molecule has 0 unspecified atom stereocenters. The van der Waals surface area contributed by atoms with Gasteiger partial charge in [0.15, 0.2) is 0 Å². The molecule has 3 heteroatoms. The molecule has 9 rings (SSSR count). The Kier molecular flexibility index (Phi) is 5.68. The van der Waals surface area contributed by atoms with Gasteiger partial charge in [-0.05, 0) is 91.9 Å². The minimum absolute atomic E-state index is 0.947. The van der Waals surface area contributed by atoms with Gasteiger partial charge in [-0.15, -0.1) is 0 Å². The van der Waals surface area contributed by atoms with E-state index in [1.807, 2.05) is 0 Å². The van der Waals surface area contributed by atoms with Crippen LogP contribution in [0.15, 0.2) is 156 Å². The van der Waals surface area contributed by atoms with Crippen molar-refractivity contribution in [2.24, 2.45) is 0 Å². The first-order chi connectivity index (χ1) is 22.1. The maximum absolute atomic E-state index is 6.35. The van der Waals surface area contributed by atoms with Crippen LogP contribution in [0.4, 0.5) is 17.1 Å². The van der Waals surface area contributed by atoms with E-state index in [-0.39, 0.29) is 0 Å². The van der Waals surface area contributed by atoms with Gasteiger partial charge in [-0.3, -0.25) is 0 Å². The van der Waals surface area contributed by atoms with Gasteiger partial charge in [-0.2, -0.15) is 0 Å². The average Bonchev–Trinajstić information content (AvgIpc) is 3.58. The summed E-state index contributed by atoms with van der Waals surface area (Å²) in [5.74, 6) is 0. The van der Waals surface area contributed by atoms with Crippen molar-refractivity contribution in [1.29, 1.82) is 0 Å². The number of para-hydroxylation sites is 2. The third-order valence-electron chi connectivity index (χ3n) is 9.62. The summed E-state index contributed by atoms with van der Waals surface area (Å²) in [4.78, 5) is 2.45. The van der Waals surface area contributed by atoms with Gasteiger partial charge in [0.05, 0.1) is 0 Å². The number of fused-ring (bicyclic) bond motifs is 8. The standard InChI is InChI=1S/C42H31NOSi/c1-45(2)39-26-25-38-40(34-15-8-9-18-37(34)44-38)41(39)35-16-10-17-36(42(35)45)43(32-13-4-3-5-14-32)33-23-21-29(22-24-33)31-20-19-28-11-6-7-12-30(28)27-31/h3-27H,1-2H3. The molecule has 0 fully saturated rings. The Morgan fingerprint density at radius 2 is 1.24 bits per heavy atom. The van der Waals surface area contributed by atoms with Crippen molar-refractivity contribution in [2.75, 3.05) is 4.90 Å². The van der Waals surface area contributed by atoms with Gasteiger partial charge in [-0.1, -0.05) is 116 Å². The number of rotatable bonds is 4. The molecule has 0 saturated carbocycles. The summed E-state index contributed by atoms with van der Waals surface area (Å²) in [6, 6.07) is 55.0. The van der Waals surface area contributed by atoms with Crippen molar-refractivity contribution >= 4 is 68.2 Å². The van der Waals surface area contributed by atoms with Crippen LogP contribution in [0.25, 0.3) is 55.0 Å². The van der Waals surface area contributed by atoms with Crippen LogP contribution in [0.3, 0.4) is 0 Å². The van der Waals surface area contributed by atoms with Gasteiger partial charge in [0.25, 0.3) is 0 Å². The van der Waals surface area contributed by atoms with Crippen molar-refractivity contribution < 1.29 is 4.42 Å². The molecule has 1 aliphatic rings. The SMILES string of the molecule is C[Si]1(C)c2ccc3oc4ccccc4c3c2-c2cccc(N(c3ccccc3)c3ccc(-c4ccc5ccccc5c4)cc3)c21. The normalized spacial score (nSPS) is 13.3. The van der Waals surface area contributed by atoms with Crippen LogP contribution >= 0.6 is 0 Å². The molecule has 2 nitrogen and oxygen atoms in total. The summed E-state index contributed by atoms with van der Waals surface area (Å²) >= 11 is 0. The van der Waals surface area contributed by atoms with E-state index in [4.69, 9.17) is 4.42 Å². The molecule has 0 bridgehead atoms. The summed E-state index contributed by atoms with van der Waals surface area (Å²) in [6.07, 6.45) is 0. The molecule has 0 aliphatic carbocycles. The molecule has 45 heavy (non-hydrogen) atoms. The molecule has 0 amide bonds. The Hall–Kier alpha value is -5.38. The average molecular weight is 594 g/mol. The van der Waals surface area contributed by atoms with Crippen LogP contribution in [-0.2, 0) is 0 Å². The Morgan fingerprint density at radius 1 is 0.533 bits per heavy atom. The first kappa shape index (κ1) is 26.1. The monoisotopic (exact) mass is 593 g/mol. The molecule has 1 aromatic heterocycles. The number of nitrogens with zero attached hydrogens (tertiary/aromatic N) is 1. The summed E-state index contributed by atoms with van der Waals surface area (Å²) in [5, 5.41) is 7.90. The smallest absolute Gasteiger partial charge is 0.136 e. The van der Waals surface area contributed by atoms with E-state index >= 15 is 0 Å². The first-order valence-corrected chi connectivity index (χ1v) is 18.6. The first-order valence-electron chi connectivity index (χ1n) is 15.6. The molecular formula is C42H31NOSi. The van der Waals surface area contributed by atoms with E-state index in [2.05, 4.69) is 170 Å². The molecule has 1 aliphatic heterocycles. The van der Waals surface area contributed by atoms with Crippen LogP contribution in [0.5, 0.6) is 0 Å². The Labute approximate surface area is 263 Å². The van der Waals surface area contributed by atoms with Crippen LogP contribution < -0.4 is 15.3 Å². The van der Waals surface area contributed by atoms with Crippen LogP contribution in [0, 0.1) is 0 Å². The van der Waals surface area contributed by atoms with E-state index in [1.54, 1.807) is 0 Å². The molecular weight excluding hydrogens is 563 g/mol. The van der Waals surface area contributed by atoms with E-state index < -0.39 is 8.07 Å². The van der Waals surface area contributed by atoms with Crippen LogP contribution in [0.1, 0.15) is 0 Å². The highest BCUT2D eigenvalue weighted by Gasteiger charge is 2.42. The van der Waals surface area contributed by atoms with Gasteiger partial charge in [0.1, 0.15) is 19.2 Å². The number of hydrogen-bond acceptors (Lipinski definition) is 2. The van der Waals surface area contributed by atoms with Crippen LogP contribution in [-0.4, -0.2) is 8.07 Å². The summed E-state index contributed by atoms with van der Waals surface area (Å²) in [7, 11) is -2.11. The molecule has 0 spiro atoms. The Balaban J connectivity index is 1.23. The Bertz CT molecular complexity index is 2400.